The highest BCUT2D eigenvalue weighted by Gasteiger charge is 2.46. The highest BCUT2D eigenvalue weighted by Crippen LogP contribution is 2.45. The molecule has 3 N–H and O–H groups in total. The number of nitrogens with zero attached hydrogens (tertiary/aromatic N) is 1. The Labute approximate surface area is 106 Å². The molecule has 1 aromatic rings. The molecule has 0 aromatic carbocycles. The number of hydrogen-bond donors (Lipinski definition) is 2. The van der Waals surface area contributed by atoms with Gasteiger partial charge in [0.2, 0.25) is 0 Å². The SMILES string of the molecule is Nc1ccncc1C1(O)CCC2(CC1)OCCO2. The maximum atomic E-state index is 10.7. The molecular weight excluding hydrogens is 232 g/mol. The lowest BCUT2D eigenvalue weighted by Gasteiger charge is -2.40. The summed E-state index contributed by atoms with van der Waals surface area (Å²) in [4.78, 5) is 4.05. The lowest BCUT2D eigenvalue weighted by molar-refractivity contribution is -0.204. The molecule has 1 saturated heterocycles. The van der Waals surface area contributed by atoms with Crippen LogP contribution in [0.1, 0.15) is 31.2 Å². The molecule has 2 aliphatic rings. The van der Waals surface area contributed by atoms with E-state index >= 15 is 0 Å². The molecule has 98 valence electrons. The normalized spacial score (nSPS) is 25.4. The van der Waals surface area contributed by atoms with Crippen LogP contribution in [0.5, 0.6) is 0 Å². The zero-order chi connectivity index (χ0) is 12.6. The van der Waals surface area contributed by atoms with Crippen LogP contribution in [-0.4, -0.2) is 29.1 Å². The van der Waals surface area contributed by atoms with Gasteiger partial charge >= 0.3 is 0 Å². The number of nitrogen functional groups attached to an aromatic ring is 1. The first-order valence-corrected chi connectivity index (χ1v) is 6.34. The average Bonchev–Trinajstić information content (AvgIpc) is 2.83. The van der Waals surface area contributed by atoms with Gasteiger partial charge < -0.3 is 20.3 Å². The Hall–Kier alpha value is -1.17. The van der Waals surface area contributed by atoms with Crippen molar-refractivity contribution in [3.8, 4) is 0 Å². The first-order valence-electron chi connectivity index (χ1n) is 6.34. The van der Waals surface area contributed by atoms with Gasteiger partial charge in [-0.15, -0.1) is 0 Å². The van der Waals surface area contributed by atoms with Gasteiger partial charge in [0.1, 0.15) is 0 Å². The van der Waals surface area contributed by atoms with E-state index in [4.69, 9.17) is 15.2 Å². The minimum Gasteiger partial charge on any atom is -0.398 e. The van der Waals surface area contributed by atoms with Crippen molar-refractivity contribution in [3.05, 3.63) is 24.0 Å². The standard InChI is InChI=1S/C13H18N2O3/c14-11-1-6-15-9-10(11)12(16)2-4-13(5-3-12)17-7-8-18-13/h1,6,9,16H,2-5,7-8H2,(H2,14,15). The lowest BCUT2D eigenvalue weighted by atomic mass is 9.77. The monoisotopic (exact) mass is 250 g/mol. The Balaban J connectivity index is 1.80. The summed E-state index contributed by atoms with van der Waals surface area (Å²) in [7, 11) is 0. The Morgan fingerprint density at radius 1 is 1.17 bits per heavy atom. The number of rotatable bonds is 1. The van der Waals surface area contributed by atoms with E-state index < -0.39 is 11.4 Å². The molecular formula is C13H18N2O3. The van der Waals surface area contributed by atoms with E-state index in [0.29, 0.717) is 44.6 Å². The third-order valence-corrected chi connectivity index (χ3v) is 4.01. The van der Waals surface area contributed by atoms with Crippen LogP contribution in [-0.2, 0) is 15.1 Å². The largest absolute Gasteiger partial charge is 0.398 e. The molecule has 3 rings (SSSR count). The molecule has 1 spiro atoms. The molecule has 2 heterocycles. The minimum atomic E-state index is -0.904. The van der Waals surface area contributed by atoms with Crippen LogP contribution < -0.4 is 5.73 Å². The summed E-state index contributed by atoms with van der Waals surface area (Å²) in [5, 5.41) is 10.7. The number of hydrogen-bond acceptors (Lipinski definition) is 5. The molecule has 5 heteroatoms. The third-order valence-electron chi connectivity index (χ3n) is 4.01. The summed E-state index contributed by atoms with van der Waals surface area (Å²) < 4.78 is 11.3. The predicted octanol–water partition coefficient (Wildman–Crippen LogP) is 1.17. The Bertz CT molecular complexity index is 434. The van der Waals surface area contributed by atoms with E-state index in [1.165, 1.54) is 0 Å². The number of pyridine rings is 1. The topological polar surface area (TPSA) is 77.6 Å². The van der Waals surface area contributed by atoms with Crippen LogP contribution in [0, 0.1) is 0 Å². The number of nitrogens with two attached hydrogens (primary N) is 1. The van der Waals surface area contributed by atoms with Crippen molar-refractivity contribution in [2.75, 3.05) is 18.9 Å². The number of anilines is 1. The lowest BCUT2D eigenvalue weighted by Crippen LogP contribution is -2.42. The maximum absolute atomic E-state index is 10.7. The zero-order valence-corrected chi connectivity index (χ0v) is 10.3. The molecule has 0 amide bonds. The van der Waals surface area contributed by atoms with Crippen LogP contribution >= 0.6 is 0 Å². The molecule has 1 aliphatic heterocycles. The molecule has 5 nitrogen and oxygen atoms in total. The molecule has 1 aromatic heterocycles. The van der Waals surface area contributed by atoms with Crippen molar-refractivity contribution in [1.29, 1.82) is 0 Å². The Morgan fingerprint density at radius 3 is 2.44 bits per heavy atom. The molecule has 0 bridgehead atoms. The second kappa shape index (κ2) is 4.19. The highest BCUT2D eigenvalue weighted by molar-refractivity contribution is 5.48. The zero-order valence-electron chi connectivity index (χ0n) is 10.3. The molecule has 2 fully saturated rings. The number of aromatic nitrogens is 1. The second-order valence-electron chi connectivity index (χ2n) is 5.10. The number of ether oxygens (including phenoxy) is 2. The van der Waals surface area contributed by atoms with Crippen LogP contribution in [0.25, 0.3) is 0 Å². The molecule has 18 heavy (non-hydrogen) atoms. The van der Waals surface area contributed by atoms with Gasteiger partial charge in [-0.05, 0) is 18.9 Å². The Kier molecular flexibility index (Phi) is 2.77. The molecule has 0 unspecified atom stereocenters. The summed E-state index contributed by atoms with van der Waals surface area (Å²) in [5.41, 5.74) is 6.33. The van der Waals surface area contributed by atoms with Gasteiger partial charge in [-0.25, -0.2) is 0 Å². The Morgan fingerprint density at radius 2 is 1.83 bits per heavy atom. The summed E-state index contributed by atoms with van der Waals surface area (Å²) in [6.45, 7) is 1.29. The summed E-state index contributed by atoms with van der Waals surface area (Å²) in [6.07, 6.45) is 5.85. The van der Waals surface area contributed by atoms with Gasteiger partial charge in [0.15, 0.2) is 5.79 Å². The fourth-order valence-corrected chi connectivity index (χ4v) is 2.89. The second-order valence-corrected chi connectivity index (χ2v) is 5.10. The molecule has 1 saturated carbocycles. The van der Waals surface area contributed by atoms with Gasteiger partial charge in [0.25, 0.3) is 0 Å². The van der Waals surface area contributed by atoms with Crippen LogP contribution in [0.4, 0.5) is 5.69 Å². The highest BCUT2D eigenvalue weighted by atomic mass is 16.7. The van der Waals surface area contributed by atoms with Crippen molar-refractivity contribution in [3.63, 3.8) is 0 Å². The van der Waals surface area contributed by atoms with Crippen molar-refractivity contribution in [2.45, 2.75) is 37.1 Å². The fraction of sp³-hybridized carbons (Fsp3) is 0.615. The number of aliphatic hydroxyl groups is 1. The first kappa shape index (κ1) is 11.9. The van der Waals surface area contributed by atoms with Gasteiger partial charge in [0.05, 0.1) is 18.8 Å². The van der Waals surface area contributed by atoms with Crippen molar-refractivity contribution in [1.82, 2.24) is 4.98 Å². The summed E-state index contributed by atoms with van der Waals surface area (Å²) >= 11 is 0. The molecule has 1 aliphatic carbocycles. The van der Waals surface area contributed by atoms with E-state index in [0.717, 1.165) is 5.56 Å². The predicted molar refractivity (Wildman–Crippen MR) is 65.6 cm³/mol. The quantitative estimate of drug-likeness (QED) is 0.782. The minimum absolute atomic E-state index is 0.469. The van der Waals surface area contributed by atoms with Gasteiger partial charge in [0, 0.05) is 36.5 Å². The van der Waals surface area contributed by atoms with Crippen molar-refractivity contribution < 1.29 is 14.6 Å². The summed E-state index contributed by atoms with van der Waals surface area (Å²) in [5.74, 6) is -0.469. The average molecular weight is 250 g/mol. The van der Waals surface area contributed by atoms with E-state index in [-0.39, 0.29) is 0 Å². The molecule has 0 atom stereocenters. The van der Waals surface area contributed by atoms with Crippen LogP contribution in [0.3, 0.4) is 0 Å². The third kappa shape index (κ3) is 1.88. The van der Waals surface area contributed by atoms with E-state index in [1.807, 2.05) is 0 Å². The van der Waals surface area contributed by atoms with E-state index in [9.17, 15) is 5.11 Å². The van der Waals surface area contributed by atoms with Gasteiger partial charge in [-0.3, -0.25) is 4.98 Å². The van der Waals surface area contributed by atoms with Crippen molar-refractivity contribution >= 4 is 5.69 Å². The van der Waals surface area contributed by atoms with Crippen LogP contribution in [0.2, 0.25) is 0 Å². The van der Waals surface area contributed by atoms with Gasteiger partial charge in [-0.1, -0.05) is 0 Å². The smallest absolute Gasteiger partial charge is 0.168 e. The first-order chi connectivity index (χ1) is 8.64. The summed E-state index contributed by atoms with van der Waals surface area (Å²) in [6, 6.07) is 1.72. The fourth-order valence-electron chi connectivity index (χ4n) is 2.89. The van der Waals surface area contributed by atoms with Gasteiger partial charge in [-0.2, -0.15) is 0 Å². The van der Waals surface area contributed by atoms with Crippen molar-refractivity contribution in [2.24, 2.45) is 0 Å². The maximum Gasteiger partial charge on any atom is 0.168 e. The van der Waals surface area contributed by atoms with E-state index in [2.05, 4.69) is 4.98 Å². The van der Waals surface area contributed by atoms with Crippen LogP contribution in [0.15, 0.2) is 18.5 Å². The van der Waals surface area contributed by atoms with E-state index in [1.54, 1.807) is 18.5 Å². The molecule has 0 radical (unpaired) electrons.